The van der Waals surface area contributed by atoms with Crippen molar-refractivity contribution in [3.63, 3.8) is 0 Å². The number of fused-ring (bicyclic) bond motifs is 1. The maximum absolute atomic E-state index is 14.0. The van der Waals surface area contributed by atoms with Crippen molar-refractivity contribution in [3.8, 4) is 0 Å². The molecule has 0 aliphatic carbocycles. The molecule has 0 aromatic carbocycles. The molecule has 2 N–H and O–H groups in total. The van der Waals surface area contributed by atoms with Gasteiger partial charge >= 0.3 is 5.97 Å². The Morgan fingerprint density at radius 1 is 1.21 bits per heavy atom. The standard InChI is InChI=1S/C25H40N2O6/c1-4-7-15-26(14-5-2)22(30)20-25-13-12-24(6-3,33-25)19(23(31)32)18(25)21(29)27(20)16-10-8-9-11-17-28/h5,18-20,28H,2,4,6-17H2,1,3H3,(H,31,32)/t18-,19-,20?,24+,25?/m0/s1. The van der Waals surface area contributed by atoms with Gasteiger partial charge in [-0.15, -0.1) is 6.58 Å². The fourth-order valence-corrected chi connectivity index (χ4v) is 6.33. The molecule has 5 atom stereocenters. The molecule has 8 heteroatoms. The number of rotatable bonds is 14. The van der Waals surface area contributed by atoms with Crippen molar-refractivity contribution in [2.45, 2.75) is 88.9 Å². The van der Waals surface area contributed by atoms with E-state index in [1.807, 2.05) is 6.92 Å². The molecule has 2 amide bonds. The lowest BCUT2D eigenvalue weighted by atomic mass is 9.65. The van der Waals surface area contributed by atoms with E-state index in [1.54, 1.807) is 15.9 Å². The van der Waals surface area contributed by atoms with Crippen LogP contribution in [0.15, 0.2) is 12.7 Å². The number of carbonyl (C=O) groups excluding carboxylic acids is 2. The van der Waals surface area contributed by atoms with Crippen LogP contribution in [0.5, 0.6) is 0 Å². The number of aliphatic carboxylic acids is 1. The number of nitrogens with zero attached hydrogens (tertiary/aromatic N) is 2. The van der Waals surface area contributed by atoms with Crippen molar-refractivity contribution in [1.29, 1.82) is 0 Å². The molecule has 2 unspecified atom stereocenters. The lowest BCUT2D eigenvalue weighted by Crippen LogP contribution is -2.56. The van der Waals surface area contributed by atoms with Gasteiger partial charge < -0.3 is 24.7 Å². The van der Waals surface area contributed by atoms with Crippen LogP contribution in [0.3, 0.4) is 0 Å². The zero-order valence-corrected chi connectivity index (χ0v) is 20.1. The number of likely N-dealkylation sites (tertiary alicyclic amines) is 1. The second-order valence-electron chi connectivity index (χ2n) is 9.77. The molecule has 33 heavy (non-hydrogen) atoms. The summed E-state index contributed by atoms with van der Waals surface area (Å²) >= 11 is 0. The minimum Gasteiger partial charge on any atom is -0.481 e. The van der Waals surface area contributed by atoms with Crippen LogP contribution in [0.4, 0.5) is 0 Å². The Labute approximate surface area is 196 Å². The van der Waals surface area contributed by atoms with Gasteiger partial charge in [0.1, 0.15) is 17.6 Å². The van der Waals surface area contributed by atoms with Crippen LogP contribution in [0.1, 0.15) is 71.6 Å². The van der Waals surface area contributed by atoms with Crippen LogP contribution < -0.4 is 0 Å². The predicted octanol–water partition coefficient (Wildman–Crippen LogP) is 2.59. The van der Waals surface area contributed by atoms with Crippen molar-refractivity contribution >= 4 is 17.8 Å². The molecule has 3 fully saturated rings. The van der Waals surface area contributed by atoms with Gasteiger partial charge in [-0.25, -0.2) is 0 Å². The number of ether oxygens (including phenoxy) is 1. The number of aliphatic hydroxyl groups excluding tert-OH is 1. The van der Waals surface area contributed by atoms with E-state index in [0.717, 1.165) is 25.7 Å². The van der Waals surface area contributed by atoms with Gasteiger partial charge in [-0.2, -0.15) is 0 Å². The molecule has 3 rings (SSSR count). The van der Waals surface area contributed by atoms with Gasteiger partial charge in [0.25, 0.3) is 0 Å². The molecule has 0 saturated carbocycles. The number of carbonyl (C=O) groups is 3. The highest BCUT2D eigenvalue weighted by atomic mass is 16.5. The first kappa shape index (κ1) is 25.7. The molecule has 0 aromatic heterocycles. The maximum atomic E-state index is 14.0. The Morgan fingerprint density at radius 3 is 2.55 bits per heavy atom. The van der Waals surface area contributed by atoms with Crippen LogP contribution in [-0.4, -0.2) is 81.3 Å². The normalized spacial score (nSPS) is 32.3. The number of carboxylic acids is 1. The number of hydrogen-bond donors (Lipinski definition) is 2. The first-order chi connectivity index (χ1) is 15.8. The highest BCUT2D eigenvalue weighted by Crippen LogP contribution is 2.64. The molecule has 1 spiro atoms. The van der Waals surface area contributed by atoms with Gasteiger partial charge in [-0.3, -0.25) is 14.4 Å². The topological polar surface area (TPSA) is 107 Å². The van der Waals surface area contributed by atoms with Gasteiger partial charge in [0, 0.05) is 26.2 Å². The van der Waals surface area contributed by atoms with E-state index >= 15 is 0 Å². The number of hydrogen-bond acceptors (Lipinski definition) is 5. The lowest BCUT2D eigenvalue weighted by Gasteiger charge is -2.37. The summed E-state index contributed by atoms with van der Waals surface area (Å²) in [4.78, 5) is 43.4. The van der Waals surface area contributed by atoms with Crippen LogP contribution in [0.2, 0.25) is 0 Å². The number of aliphatic hydroxyl groups is 1. The molecule has 8 nitrogen and oxygen atoms in total. The van der Waals surface area contributed by atoms with E-state index < -0.39 is 35.0 Å². The van der Waals surface area contributed by atoms with E-state index in [0.29, 0.717) is 51.7 Å². The second kappa shape index (κ2) is 10.6. The summed E-state index contributed by atoms with van der Waals surface area (Å²) in [7, 11) is 0. The number of carboxylic acid groups (broad SMARTS) is 1. The van der Waals surface area contributed by atoms with Gasteiger partial charge in [-0.1, -0.05) is 39.2 Å². The molecule has 2 bridgehead atoms. The van der Waals surface area contributed by atoms with Crippen LogP contribution in [-0.2, 0) is 19.1 Å². The van der Waals surface area contributed by atoms with Crippen molar-refractivity contribution < 1.29 is 29.3 Å². The summed E-state index contributed by atoms with van der Waals surface area (Å²) in [6.07, 6.45) is 8.13. The molecule has 3 aliphatic heterocycles. The smallest absolute Gasteiger partial charge is 0.310 e. The predicted molar refractivity (Wildman–Crippen MR) is 123 cm³/mol. The average Bonchev–Trinajstić information content (AvgIpc) is 3.40. The third-order valence-corrected chi connectivity index (χ3v) is 7.93. The van der Waals surface area contributed by atoms with Crippen LogP contribution in [0, 0.1) is 11.8 Å². The molecular weight excluding hydrogens is 424 g/mol. The highest BCUT2D eigenvalue weighted by molar-refractivity contribution is 5.98. The van der Waals surface area contributed by atoms with Gasteiger partial charge in [-0.05, 0) is 38.5 Å². The van der Waals surface area contributed by atoms with Crippen molar-refractivity contribution in [2.24, 2.45) is 11.8 Å². The maximum Gasteiger partial charge on any atom is 0.310 e. The number of unbranched alkanes of at least 4 members (excludes halogenated alkanes) is 4. The zero-order chi connectivity index (χ0) is 24.2. The fourth-order valence-electron chi connectivity index (χ4n) is 6.33. The Bertz CT molecular complexity index is 757. The third-order valence-electron chi connectivity index (χ3n) is 7.93. The quantitative estimate of drug-likeness (QED) is 0.302. The van der Waals surface area contributed by atoms with Crippen molar-refractivity contribution in [3.05, 3.63) is 12.7 Å². The Hall–Kier alpha value is -1.93. The molecule has 186 valence electrons. The SMILES string of the molecule is C=CCN(CCCC)C(=O)C1N(CCCCCCO)C(=O)[C@@H]2[C@@H](C(=O)O)[C@@]3(CC)CCC12O3. The second-order valence-corrected chi connectivity index (χ2v) is 9.77. The third kappa shape index (κ3) is 4.32. The van der Waals surface area contributed by atoms with E-state index in [-0.39, 0.29) is 18.4 Å². The molecule has 3 saturated heterocycles. The first-order valence-electron chi connectivity index (χ1n) is 12.6. The minimum absolute atomic E-state index is 0.135. The molecule has 3 heterocycles. The van der Waals surface area contributed by atoms with Crippen LogP contribution in [0.25, 0.3) is 0 Å². The van der Waals surface area contributed by atoms with E-state index in [4.69, 9.17) is 9.84 Å². The van der Waals surface area contributed by atoms with Crippen LogP contribution >= 0.6 is 0 Å². The Morgan fingerprint density at radius 2 is 1.94 bits per heavy atom. The molecular formula is C25H40N2O6. The summed E-state index contributed by atoms with van der Waals surface area (Å²) in [5.74, 6) is -3.19. The lowest BCUT2D eigenvalue weighted by molar-refractivity contribution is -0.157. The highest BCUT2D eigenvalue weighted by Gasteiger charge is 2.78. The van der Waals surface area contributed by atoms with Gasteiger partial charge in [0.15, 0.2) is 0 Å². The Kier molecular flexibility index (Phi) is 8.22. The Balaban J connectivity index is 1.96. The van der Waals surface area contributed by atoms with E-state index in [1.165, 1.54) is 0 Å². The molecule has 0 radical (unpaired) electrons. The fraction of sp³-hybridized carbons (Fsp3) is 0.800. The summed E-state index contributed by atoms with van der Waals surface area (Å²) in [6.45, 7) is 9.24. The van der Waals surface area contributed by atoms with E-state index in [9.17, 15) is 19.5 Å². The summed E-state index contributed by atoms with van der Waals surface area (Å²) in [5, 5.41) is 19.1. The summed E-state index contributed by atoms with van der Waals surface area (Å²) in [6, 6.07) is -0.803. The first-order valence-corrected chi connectivity index (χ1v) is 12.6. The monoisotopic (exact) mass is 464 g/mol. The van der Waals surface area contributed by atoms with Gasteiger partial charge in [0.05, 0.1) is 11.5 Å². The zero-order valence-electron chi connectivity index (χ0n) is 20.1. The van der Waals surface area contributed by atoms with Crippen molar-refractivity contribution in [2.75, 3.05) is 26.2 Å². The largest absolute Gasteiger partial charge is 0.481 e. The summed E-state index contributed by atoms with van der Waals surface area (Å²) < 4.78 is 6.56. The number of amides is 2. The van der Waals surface area contributed by atoms with Gasteiger partial charge in [0.2, 0.25) is 11.8 Å². The van der Waals surface area contributed by atoms with E-state index in [2.05, 4.69) is 13.5 Å². The molecule has 3 aliphatic rings. The van der Waals surface area contributed by atoms with Crippen molar-refractivity contribution in [1.82, 2.24) is 9.80 Å². The minimum atomic E-state index is -1.08. The average molecular weight is 465 g/mol. The summed E-state index contributed by atoms with van der Waals surface area (Å²) in [5.41, 5.74) is -1.96. The molecule has 0 aromatic rings.